The molecule has 0 aliphatic rings. The largest absolute Gasteiger partial charge is 0.398 e. The normalized spacial score (nSPS) is 10.9. The van der Waals surface area contributed by atoms with E-state index in [0.717, 1.165) is 26.2 Å². The summed E-state index contributed by atoms with van der Waals surface area (Å²) < 4.78 is 2.22. The number of halogens is 1. The molecule has 0 amide bonds. The van der Waals surface area contributed by atoms with Gasteiger partial charge in [0.1, 0.15) is 5.01 Å². The number of para-hydroxylation sites is 1. The number of nitrogens with two attached hydrogens (primary N) is 1. The number of hydrogen-bond acceptors (Lipinski definition) is 3. The maximum absolute atomic E-state index is 5.96. The number of nitrogen functional groups attached to an aromatic ring is 1. The lowest BCUT2D eigenvalue weighted by atomic mass is 10.2. The Hall–Kier alpha value is -1.39. The first-order valence-electron chi connectivity index (χ1n) is 5.15. The summed E-state index contributed by atoms with van der Waals surface area (Å²) in [6.45, 7) is 0. The third-order valence-electron chi connectivity index (χ3n) is 2.54. The summed E-state index contributed by atoms with van der Waals surface area (Å²) >= 11 is 5.11. The third kappa shape index (κ3) is 1.94. The van der Waals surface area contributed by atoms with E-state index in [-0.39, 0.29) is 0 Å². The van der Waals surface area contributed by atoms with E-state index in [2.05, 4.69) is 27.0 Å². The van der Waals surface area contributed by atoms with Crippen molar-refractivity contribution >= 4 is 43.2 Å². The molecule has 0 aliphatic heterocycles. The highest BCUT2D eigenvalue weighted by molar-refractivity contribution is 9.10. The number of hydrogen-bond donors (Lipinski definition) is 1. The van der Waals surface area contributed by atoms with E-state index in [4.69, 9.17) is 5.73 Å². The SMILES string of the molecule is Nc1ccccc1-c1nc2cc(Br)ccc2s1. The van der Waals surface area contributed by atoms with Gasteiger partial charge in [0.05, 0.1) is 10.2 Å². The lowest BCUT2D eigenvalue weighted by Gasteiger charge is -1.99. The molecule has 0 bridgehead atoms. The van der Waals surface area contributed by atoms with E-state index in [9.17, 15) is 0 Å². The van der Waals surface area contributed by atoms with Crippen LogP contribution in [0.4, 0.5) is 5.69 Å². The Morgan fingerprint density at radius 1 is 1.12 bits per heavy atom. The average molecular weight is 305 g/mol. The Labute approximate surface area is 111 Å². The molecule has 0 atom stereocenters. The summed E-state index contributed by atoms with van der Waals surface area (Å²) in [6, 6.07) is 13.9. The average Bonchev–Trinajstić information content (AvgIpc) is 2.72. The number of fused-ring (bicyclic) bond motifs is 1. The number of benzene rings is 2. The molecular weight excluding hydrogens is 296 g/mol. The molecule has 4 heteroatoms. The minimum absolute atomic E-state index is 0.769. The van der Waals surface area contributed by atoms with Crippen molar-refractivity contribution in [3.8, 4) is 10.6 Å². The third-order valence-corrected chi connectivity index (χ3v) is 4.10. The molecule has 1 aromatic heterocycles. The van der Waals surface area contributed by atoms with Gasteiger partial charge in [-0.2, -0.15) is 0 Å². The summed E-state index contributed by atoms with van der Waals surface area (Å²) in [6.07, 6.45) is 0. The first-order valence-corrected chi connectivity index (χ1v) is 6.76. The molecule has 17 heavy (non-hydrogen) atoms. The second kappa shape index (κ2) is 4.13. The van der Waals surface area contributed by atoms with Crippen molar-refractivity contribution in [2.24, 2.45) is 0 Å². The molecule has 0 spiro atoms. The van der Waals surface area contributed by atoms with Crippen LogP contribution >= 0.6 is 27.3 Å². The highest BCUT2D eigenvalue weighted by Gasteiger charge is 2.08. The van der Waals surface area contributed by atoms with Crippen LogP contribution in [0, 0.1) is 0 Å². The van der Waals surface area contributed by atoms with Gasteiger partial charge in [-0.3, -0.25) is 0 Å². The minimum atomic E-state index is 0.769. The fourth-order valence-electron chi connectivity index (χ4n) is 1.71. The first kappa shape index (κ1) is 10.7. The zero-order chi connectivity index (χ0) is 11.8. The van der Waals surface area contributed by atoms with Crippen molar-refractivity contribution in [1.29, 1.82) is 0 Å². The van der Waals surface area contributed by atoms with Gasteiger partial charge >= 0.3 is 0 Å². The van der Waals surface area contributed by atoms with E-state index >= 15 is 0 Å². The zero-order valence-corrected chi connectivity index (χ0v) is 11.3. The fourth-order valence-corrected chi connectivity index (χ4v) is 3.05. The molecule has 0 radical (unpaired) electrons. The van der Waals surface area contributed by atoms with Crippen LogP contribution in [0.3, 0.4) is 0 Å². The van der Waals surface area contributed by atoms with E-state index in [1.165, 1.54) is 4.70 Å². The van der Waals surface area contributed by atoms with Crippen molar-refractivity contribution in [3.05, 3.63) is 46.9 Å². The smallest absolute Gasteiger partial charge is 0.126 e. The van der Waals surface area contributed by atoms with Crippen molar-refractivity contribution in [3.63, 3.8) is 0 Å². The quantitative estimate of drug-likeness (QED) is 0.680. The summed E-state index contributed by atoms with van der Waals surface area (Å²) in [5.74, 6) is 0. The van der Waals surface area contributed by atoms with Gasteiger partial charge in [-0.25, -0.2) is 4.98 Å². The molecule has 2 aromatic carbocycles. The molecular formula is C13H9BrN2S. The van der Waals surface area contributed by atoms with Gasteiger partial charge in [-0.05, 0) is 30.3 Å². The van der Waals surface area contributed by atoms with E-state index in [1.54, 1.807) is 11.3 Å². The van der Waals surface area contributed by atoms with Crippen LogP contribution in [-0.2, 0) is 0 Å². The van der Waals surface area contributed by atoms with Crippen molar-refractivity contribution in [1.82, 2.24) is 4.98 Å². The Morgan fingerprint density at radius 2 is 1.94 bits per heavy atom. The second-order valence-corrected chi connectivity index (χ2v) is 5.66. The van der Waals surface area contributed by atoms with Gasteiger partial charge in [0, 0.05) is 15.7 Å². The Balaban J connectivity index is 2.22. The lowest BCUT2D eigenvalue weighted by molar-refractivity contribution is 1.47. The summed E-state index contributed by atoms with van der Waals surface area (Å²) in [4.78, 5) is 4.61. The van der Waals surface area contributed by atoms with Gasteiger partial charge in [0.25, 0.3) is 0 Å². The molecule has 2 N–H and O–H groups in total. The van der Waals surface area contributed by atoms with E-state index in [0.29, 0.717) is 0 Å². The lowest BCUT2D eigenvalue weighted by Crippen LogP contribution is -1.87. The molecule has 3 rings (SSSR count). The molecule has 2 nitrogen and oxygen atoms in total. The highest BCUT2D eigenvalue weighted by Crippen LogP contribution is 2.34. The van der Waals surface area contributed by atoms with Gasteiger partial charge < -0.3 is 5.73 Å². The van der Waals surface area contributed by atoms with Crippen LogP contribution < -0.4 is 5.73 Å². The van der Waals surface area contributed by atoms with Crippen LogP contribution in [0.1, 0.15) is 0 Å². The molecule has 0 saturated carbocycles. The van der Waals surface area contributed by atoms with E-state index in [1.807, 2.05) is 36.4 Å². The van der Waals surface area contributed by atoms with Crippen LogP contribution in [0.25, 0.3) is 20.8 Å². The van der Waals surface area contributed by atoms with Crippen molar-refractivity contribution < 1.29 is 0 Å². The number of aromatic nitrogens is 1. The van der Waals surface area contributed by atoms with Gasteiger partial charge in [-0.1, -0.05) is 28.1 Å². The molecule has 0 unspecified atom stereocenters. The van der Waals surface area contributed by atoms with Crippen LogP contribution in [0.5, 0.6) is 0 Å². The molecule has 0 saturated heterocycles. The van der Waals surface area contributed by atoms with E-state index < -0.39 is 0 Å². The van der Waals surface area contributed by atoms with Crippen LogP contribution in [0.15, 0.2) is 46.9 Å². The van der Waals surface area contributed by atoms with Crippen molar-refractivity contribution in [2.75, 3.05) is 5.73 Å². The number of rotatable bonds is 1. The molecule has 0 aliphatic carbocycles. The van der Waals surface area contributed by atoms with Crippen LogP contribution in [0.2, 0.25) is 0 Å². The zero-order valence-electron chi connectivity index (χ0n) is 8.85. The van der Waals surface area contributed by atoms with Gasteiger partial charge in [0.2, 0.25) is 0 Å². The van der Waals surface area contributed by atoms with Gasteiger partial charge in [0.15, 0.2) is 0 Å². The fraction of sp³-hybridized carbons (Fsp3) is 0. The monoisotopic (exact) mass is 304 g/mol. The van der Waals surface area contributed by atoms with Crippen molar-refractivity contribution in [2.45, 2.75) is 0 Å². The second-order valence-electron chi connectivity index (χ2n) is 3.72. The highest BCUT2D eigenvalue weighted by atomic mass is 79.9. The summed E-state index contributed by atoms with van der Waals surface area (Å²) in [5.41, 5.74) is 8.74. The first-order chi connectivity index (χ1) is 8.24. The topological polar surface area (TPSA) is 38.9 Å². The minimum Gasteiger partial charge on any atom is -0.398 e. The maximum Gasteiger partial charge on any atom is 0.126 e. The number of nitrogens with zero attached hydrogens (tertiary/aromatic N) is 1. The number of thiazole rings is 1. The summed E-state index contributed by atoms with van der Waals surface area (Å²) in [5, 5.41) is 0.969. The number of anilines is 1. The molecule has 1 heterocycles. The molecule has 84 valence electrons. The standard InChI is InChI=1S/C13H9BrN2S/c14-8-5-6-12-11(7-8)16-13(17-12)9-3-1-2-4-10(9)15/h1-7H,15H2. The predicted octanol–water partition coefficient (Wildman–Crippen LogP) is 4.31. The Kier molecular flexibility index (Phi) is 2.61. The van der Waals surface area contributed by atoms with Crippen LogP contribution in [-0.4, -0.2) is 4.98 Å². The van der Waals surface area contributed by atoms with Gasteiger partial charge in [-0.15, -0.1) is 11.3 Å². The Bertz CT molecular complexity index is 691. The molecule has 0 fully saturated rings. The Morgan fingerprint density at radius 3 is 2.76 bits per heavy atom. The summed E-state index contributed by atoms with van der Waals surface area (Å²) in [7, 11) is 0. The molecule has 3 aromatic rings. The maximum atomic E-state index is 5.96. The predicted molar refractivity (Wildman–Crippen MR) is 77.2 cm³/mol.